The number of allylic oxidation sites excluding steroid dienone is 1. The highest BCUT2D eigenvalue weighted by atomic mass is 15.0. The third kappa shape index (κ3) is 3.29. The summed E-state index contributed by atoms with van der Waals surface area (Å²) in [5.41, 5.74) is 18.3. The molecule has 1 atom stereocenters. The Kier molecular flexibility index (Phi) is 5.18. The first kappa shape index (κ1) is 26.1. The molecule has 0 bridgehead atoms. The molecule has 0 aliphatic heterocycles. The van der Waals surface area contributed by atoms with Gasteiger partial charge in [-0.3, -0.25) is 4.98 Å². The Bertz CT molecular complexity index is 2610. The second-order valence-corrected chi connectivity index (χ2v) is 13.5. The minimum Gasteiger partial charge on any atom is -0.313 e. The molecule has 2 heteroatoms. The highest BCUT2D eigenvalue weighted by Crippen LogP contribution is 2.66. The zero-order chi connectivity index (χ0) is 31.4. The number of pyridine rings is 1. The molecular weight excluding hydrogens is 581 g/mol. The molecule has 2 nitrogen and oxygen atoms in total. The van der Waals surface area contributed by atoms with Crippen molar-refractivity contribution in [3.8, 4) is 27.9 Å². The van der Waals surface area contributed by atoms with E-state index < -0.39 is 0 Å². The second-order valence-electron chi connectivity index (χ2n) is 13.5. The summed E-state index contributed by atoms with van der Waals surface area (Å²) in [6.45, 7) is 0. The maximum atomic E-state index is 4.56. The van der Waals surface area contributed by atoms with E-state index in [4.69, 9.17) is 0 Å². The number of hydrogen-bond donors (Lipinski definition) is 0. The minimum atomic E-state index is -0.299. The maximum absolute atomic E-state index is 4.56. The monoisotopic (exact) mass is 610 g/mol. The second kappa shape index (κ2) is 9.53. The van der Waals surface area contributed by atoms with Crippen LogP contribution in [0, 0.1) is 0 Å². The quantitative estimate of drug-likeness (QED) is 0.190. The SMILES string of the molecule is C1=C2[C@H](Cc3c1c1ccc(-c4ccc5ncccc5c4)cc1n3-c1ccccc1)c1ccccc1C21c2ccccc2-c2ccccc21. The third-order valence-electron chi connectivity index (χ3n) is 11.3. The fourth-order valence-electron chi connectivity index (χ4n) is 9.38. The van der Waals surface area contributed by atoms with E-state index in [0.717, 1.165) is 17.3 Å². The largest absolute Gasteiger partial charge is 0.313 e. The van der Waals surface area contributed by atoms with Crippen LogP contribution in [0.1, 0.15) is 39.4 Å². The molecule has 0 unspecified atom stereocenters. The number of benzene rings is 6. The van der Waals surface area contributed by atoms with Crippen LogP contribution in [0.2, 0.25) is 0 Å². The Morgan fingerprint density at radius 1 is 0.604 bits per heavy atom. The Morgan fingerprint density at radius 3 is 2.10 bits per heavy atom. The van der Waals surface area contributed by atoms with Crippen molar-refractivity contribution in [3.63, 3.8) is 0 Å². The van der Waals surface area contributed by atoms with Gasteiger partial charge in [-0.05, 0) is 92.9 Å². The first-order valence-corrected chi connectivity index (χ1v) is 16.9. The average Bonchev–Trinajstić information content (AvgIpc) is 3.75. The lowest BCUT2D eigenvalue weighted by molar-refractivity contribution is 0.691. The lowest BCUT2D eigenvalue weighted by Gasteiger charge is -2.34. The summed E-state index contributed by atoms with van der Waals surface area (Å²) >= 11 is 0. The van der Waals surface area contributed by atoms with E-state index in [9.17, 15) is 0 Å². The molecule has 8 aromatic rings. The van der Waals surface area contributed by atoms with E-state index in [0.29, 0.717) is 0 Å². The van der Waals surface area contributed by atoms with Crippen LogP contribution in [-0.2, 0) is 11.8 Å². The van der Waals surface area contributed by atoms with Crippen molar-refractivity contribution in [2.24, 2.45) is 0 Å². The maximum Gasteiger partial charge on any atom is 0.0702 e. The number of nitrogens with zero attached hydrogens (tertiary/aromatic N) is 2. The van der Waals surface area contributed by atoms with Crippen LogP contribution in [0.3, 0.4) is 0 Å². The number of fused-ring (bicyclic) bond motifs is 14. The van der Waals surface area contributed by atoms with Crippen molar-refractivity contribution in [3.05, 3.63) is 197 Å². The molecule has 48 heavy (non-hydrogen) atoms. The van der Waals surface area contributed by atoms with E-state index in [-0.39, 0.29) is 11.3 Å². The summed E-state index contributed by atoms with van der Waals surface area (Å²) in [5, 5.41) is 2.46. The van der Waals surface area contributed by atoms with Gasteiger partial charge in [0.25, 0.3) is 0 Å². The predicted octanol–water partition coefficient (Wildman–Crippen LogP) is 10.9. The van der Waals surface area contributed by atoms with Crippen LogP contribution in [0.5, 0.6) is 0 Å². The van der Waals surface area contributed by atoms with E-state index in [1.165, 1.54) is 77.9 Å². The van der Waals surface area contributed by atoms with Crippen molar-refractivity contribution in [2.75, 3.05) is 0 Å². The first-order valence-electron chi connectivity index (χ1n) is 16.9. The van der Waals surface area contributed by atoms with Gasteiger partial charge in [0.1, 0.15) is 0 Å². The molecule has 11 rings (SSSR count). The predicted molar refractivity (Wildman–Crippen MR) is 197 cm³/mol. The van der Waals surface area contributed by atoms with Crippen molar-refractivity contribution in [1.29, 1.82) is 0 Å². The molecule has 0 saturated heterocycles. The smallest absolute Gasteiger partial charge is 0.0702 e. The van der Waals surface area contributed by atoms with Gasteiger partial charge in [0.15, 0.2) is 0 Å². The molecule has 224 valence electrons. The summed E-state index contributed by atoms with van der Waals surface area (Å²) in [4.78, 5) is 4.56. The highest BCUT2D eigenvalue weighted by Gasteiger charge is 2.55. The van der Waals surface area contributed by atoms with Crippen LogP contribution in [0.25, 0.3) is 55.8 Å². The van der Waals surface area contributed by atoms with Gasteiger partial charge in [0.05, 0.1) is 16.4 Å². The van der Waals surface area contributed by atoms with Crippen LogP contribution >= 0.6 is 0 Å². The zero-order valence-corrected chi connectivity index (χ0v) is 26.3. The Morgan fingerprint density at radius 2 is 1.29 bits per heavy atom. The lowest BCUT2D eigenvalue weighted by atomic mass is 9.68. The average molecular weight is 611 g/mol. The lowest BCUT2D eigenvalue weighted by Crippen LogP contribution is -2.28. The van der Waals surface area contributed by atoms with E-state index >= 15 is 0 Å². The van der Waals surface area contributed by atoms with Crippen LogP contribution in [0.15, 0.2) is 163 Å². The molecule has 0 saturated carbocycles. The van der Waals surface area contributed by atoms with E-state index in [2.05, 4.69) is 161 Å². The zero-order valence-electron chi connectivity index (χ0n) is 26.3. The minimum absolute atomic E-state index is 0.284. The molecule has 2 aromatic heterocycles. The molecule has 0 N–H and O–H groups in total. The first-order chi connectivity index (χ1) is 23.8. The summed E-state index contributed by atoms with van der Waals surface area (Å²) in [7, 11) is 0. The van der Waals surface area contributed by atoms with Crippen molar-refractivity contribution < 1.29 is 0 Å². The third-order valence-corrected chi connectivity index (χ3v) is 11.3. The summed E-state index contributed by atoms with van der Waals surface area (Å²) in [6.07, 6.45) is 5.40. The molecule has 3 aliphatic carbocycles. The van der Waals surface area contributed by atoms with Gasteiger partial charge in [-0.1, -0.05) is 121 Å². The Labute approximate surface area is 279 Å². The fourth-order valence-corrected chi connectivity index (χ4v) is 9.38. The van der Waals surface area contributed by atoms with Gasteiger partial charge in [-0.2, -0.15) is 0 Å². The van der Waals surface area contributed by atoms with E-state index in [1.54, 1.807) is 0 Å². The standard InChI is InChI=1S/C46H30N2/c1-2-12-32(13-3-1)48-44-26-30(29-21-23-43-31(25-29)11-10-24-47-43)20-22-36(44)38-27-42-37(28-45(38)48)35-16-6-9-19-41(35)46(42)39-17-7-4-14-33(39)34-15-5-8-18-40(34)46/h1-27,37H,28H2/t37-/m1/s1. The normalized spacial score (nSPS) is 16.3. The highest BCUT2D eigenvalue weighted by molar-refractivity contribution is 5.99. The molecule has 2 heterocycles. The summed E-state index contributed by atoms with van der Waals surface area (Å²) < 4.78 is 2.54. The van der Waals surface area contributed by atoms with Crippen molar-refractivity contribution in [1.82, 2.24) is 9.55 Å². The number of hydrogen-bond acceptors (Lipinski definition) is 1. The molecule has 0 radical (unpaired) electrons. The molecular formula is C46H30N2. The van der Waals surface area contributed by atoms with Gasteiger partial charge in [-0.15, -0.1) is 0 Å². The van der Waals surface area contributed by atoms with Crippen molar-refractivity contribution >= 4 is 27.9 Å². The Hall–Kier alpha value is -5.99. The van der Waals surface area contributed by atoms with Gasteiger partial charge >= 0.3 is 0 Å². The molecule has 0 fully saturated rings. The molecule has 0 amide bonds. The van der Waals surface area contributed by atoms with Gasteiger partial charge < -0.3 is 4.57 Å². The number of para-hydroxylation sites is 1. The van der Waals surface area contributed by atoms with Gasteiger partial charge in [-0.25, -0.2) is 0 Å². The fraction of sp³-hybridized carbons (Fsp3) is 0.0652. The van der Waals surface area contributed by atoms with Gasteiger partial charge in [0, 0.05) is 39.8 Å². The van der Waals surface area contributed by atoms with Crippen LogP contribution < -0.4 is 0 Å². The molecule has 3 aliphatic rings. The number of aromatic nitrogens is 2. The molecule has 6 aromatic carbocycles. The van der Waals surface area contributed by atoms with E-state index in [1.807, 2.05) is 12.3 Å². The molecule has 1 spiro atoms. The van der Waals surface area contributed by atoms with Gasteiger partial charge in [0.2, 0.25) is 0 Å². The van der Waals surface area contributed by atoms with Crippen LogP contribution in [0.4, 0.5) is 0 Å². The summed E-state index contributed by atoms with van der Waals surface area (Å²) in [5.74, 6) is 0.284. The Balaban J connectivity index is 1.21. The van der Waals surface area contributed by atoms with Crippen LogP contribution in [-0.4, -0.2) is 9.55 Å². The van der Waals surface area contributed by atoms with Crippen molar-refractivity contribution in [2.45, 2.75) is 17.8 Å². The number of rotatable bonds is 2. The summed E-state index contributed by atoms with van der Waals surface area (Å²) in [6, 6.07) is 56.2. The topological polar surface area (TPSA) is 17.8 Å².